The van der Waals surface area contributed by atoms with Crippen molar-refractivity contribution in [2.24, 2.45) is 0 Å². The average molecular weight is 271 g/mol. The molecule has 0 bridgehead atoms. The lowest BCUT2D eigenvalue weighted by Crippen LogP contribution is -2.20. The highest BCUT2D eigenvalue weighted by Gasteiger charge is 2.07. The zero-order valence-electron chi connectivity index (χ0n) is 10.8. The van der Waals surface area contributed by atoms with Crippen LogP contribution in [-0.2, 0) is 0 Å². The Hall–Kier alpha value is -2.89. The van der Waals surface area contributed by atoms with E-state index in [1.54, 1.807) is 30.6 Å². The molecule has 2 amide bonds. The Kier molecular flexibility index (Phi) is 3.95. The second kappa shape index (κ2) is 5.83. The van der Waals surface area contributed by atoms with Crippen LogP contribution in [0, 0.1) is 6.92 Å². The van der Waals surface area contributed by atoms with Crippen LogP contribution in [-0.4, -0.2) is 22.1 Å². The minimum Gasteiger partial charge on any atom is -0.478 e. The molecule has 1 aromatic carbocycles. The number of carbonyl (C=O) groups excluding carboxylic acids is 1. The number of hydrogen-bond donors (Lipinski definition) is 3. The predicted octanol–water partition coefficient (Wildman–Crippen LogP) is 2.73. The largest absolute Gasteiger partial charge is 0.478 e. The van der Waals surface area contributed by atoms with Crippen LogP contribution in [0.25, 0.3) is 0 Å². The first-order valence-corrected chi connectivity index (χ1v) is 5.88. The van der Waals surface area contributed by atoms with E-state index in [1.807, 2.05) is 6.92 Å². The summed E-state index contributed by atoms with van der Waals surface area (Å²) in [5.74, 6) is -1.04. The highest BCUT2D eigenvalue weighted by atomic mass is 16.4. The van der Waals surface area contributed by atoms with Gasteiger partial charge in [-0.15, -0.1) is 0 Å². The van der Waals surface area contributed by atoms with Gasteiger partial charge in [-0.25, -0.2) is 9.59 Å². The van der Waals surface area contributed by atoms with Gasteiger partial charge in [0.25, 0.3) is 0 Å². The lowest BCUT2D eigenvalue weighted by atomic mass is 10.2. The number of anilines is 2. The topological polar surface area (TPSA) is 91.3 Å². The van der Waals surface area contributed by atoms with E-state index in [4.69, 9.17) is 5.11 Å². The van der Waals surface area contributed by atoms with Crippen molar-refractivity contribution < 1.29 is 14.7 Å². The van der Waals surface area contributed by atoms with E-state index >= 15 is 0 Å². The second-order valence-electron chi connectivity index (χ2n) is 4.16. The molecule has 102 valence electrons. The lowest BCUT2D eigenvalue weighted by Gasteiger charge is -2.09. The molecule has 1 heterocycles. The standard InChI is InChI=1S/C14H13N3O3/c1-9-5-6-15-8-12(9)17-14(20)16-11-4-2-3-10(7-11)13(18)19/h2-8H,1H3,(H,18,19)(H2,16,17,20). The van der Waals surface area contributed by atoms with Gasteiger partial charge in [-0.05, 0) is 36.8 Å². The number of carbonyl (C=O) groups is 2. The monoisotopic (exact) mass is 271 g/mol. The first-order valence-electron chi connectivity index (χ1n) is 5.88. The Bertz CT molecular complexity index is 656. The van der Waals surface area contributed by atoms with E-state index in [9.17, 15) is 9.59 Å². The molecular weight excluding hydrogens is 258 g/mol. The summed E-state index contributed by atoms with van der Waals surface area (Å²) in [6.45, 7) is 1.85. The summed E-state index contributed by atoms with van der Waals surface area (Å²) in [6.07, 6.45) is 3.18. The quantitative estimate of drug-likeness (QED) is 0.800. The van der Waals surface area contributed by atoms with E-state index < -0.39 is 12.0 Å². The Balaban J connectivity index is 2.07. The smallest absolute Gasteiger partial charge is 0.335 e. The summed E-state index contributed by atoms with van der Waals surface area (Å²) < 4.78 is 0. The van der Waals surface area contributed by atoms with Crippen LogP contribution in [0.5, 0.6) is 0 Å². The minimum atomic E-state index is -1.04. The van der Waals surface area contributed by atoms with E-state index in [0.717, 1.165) is 5.56 Å². The molecule has 0 spiro atoms. The molecule has 2 rings (SSSR count). The van der Waals surface area contributed by atoms with Crippen LogP contribution in [0.4, 0.5) is 16.2 Å². The number of rotatable bonds is 3. The predicted molar refractivity (Wildman–Crippen MR) is 75.0 cm³/mol. The van der Waals surface area contributed by atoms with Crippen molar-refractivity contribution in [1.82, 2.24) is 4.98 Å². The summed E-state index contributed by atoms with van der Waals surface area (Å²) >= 11 is 0. The lowest BCUT2D eigenvalue weighted by molar-refractivity contribution is 0.0697. The number of aryl methyl sites for hydroxylation is 1. The number of aromatic nitrogens is 1. The first kappa shape index (κ1) is 13.5. The number of amides is 2. The number of hydrogen-bond acceptors (Lipinski definition) is 3. The molecule has 0 saturated heterocycles. The van der Waals surface area contributed by atoms with Crippen molar-refractivity contribution in [2.75, 3.05) is 10.6 Å². The van der Waals surface area contributed by atoms with Crippen molar-refractivity contribution in [2.45, 2.75) is 6.92 Å². The fraction of sp³-hybridized carbons (Fsp3) is 0.0714. The molecule has 20 heavy (non-hydrogen) atoms. The molecule has 0 saturated carbocycles. The Morgan fingerprint density at radius 2 is 2.00 bits per heavy atom. The molecule has 2 aromatic rings. The minimum absolute atomic E-state index is 0.111. The molecule has 0 aliphatic rings. The van der Waals surface area contributed by atoms with Crippen molar-refractivity contribution in [1.29, 1.82) is 0 Å². The Morgan fingerprint density at radius 1 is 1.20 bits per heavy atom. The van der Waals surface area contributed by atoms with Gasteiger partial charge in [0.05, 0.1) is 17.4 Å². The third kappa shape index (κ3) is 3.32. The number of benzene rings is 1. The number of nitrogens with zero attached hydrogens (tertiary/aromatic N) is 1. The van der Waals surface area contributed by atoms with Gasteiger partial charge in [-0.3, -0.25) is 4.98 Å². The fourth-order valence-electron chi connectivity index (χ4n) is 1.61. The van der Waals surface area contributed by atoms with Crippen LogP contribution in [0.15, 0.2) is 42.7 Å². The highest BCUT2D eigenvalue weighted by molar-refractivity contribution is 6.00. The molecule has 0 aliphatic heterocycles. The molecule has 0 aliphatic carbocycles. The molecule has 3 N–H and O–H groups in total. The summed E-state index contributed by atoms with van der Waals surface area (Å²) in [6, 6.07) is 7.34. The Labute approximate surface area is 115 Å². The van der Waals surface area contributed by atoms with Crippen LogP contribution < -0.4 is 10.6 Å². The maximum Gasteiger partial charge on any atom is 0.335 e. The number of nitrogens with one attached hydrogen (secondary N) is 2. The van der Waals surface area contributed by atoms with Gasteiger partial charge in [0.1, 0.15) is 0 Å². The fourth-order valence-corrected chi connectivity index (χ4v) is 1.61. The number of pyridine rings is 1. The van der Waals surface area contributed by atoms with Crippen molar-refractivity contribution in [3.63, 3.8) is 0 Å². The van der Waals surface area contributed by atoms with Crippen molar-refractivity contribution in [3.05, 3.63) is 53.9 Å². The molecular formula is C14H13N3O3. The maximum absolute atomic E-state index is 11.8. The molecule has 0 unspecified atom stereocenters. The van der Waals surface area contributed by atoms with Crippen molar-refractivity contribution >= 4 is 23.4 Å². The molecule has 6 nitrogen and oxygen atoms in total. The molecule has 0 radical (unpaired) electrons. The first-order chi connectivity index (χ1) is 9.56. The summed E-state index contributed by atoms with van der Waals surface area (Å²) in [5, 5.41) is 14.1. The third-order valence-corrected chi connectivity index (χ3v) is 2.65. The highest BCUT2D eigenvalue weighted by Crippen LogP contribution is 2.14. The summed E-state index contributed by atoms with van der Waals surface area (Å²) in [7, 11) is 0. The second-order valence-corrected chi connectivity index (χ2v) is 4.16. The number of carboxylic acid groups (broad SMARTS) is 1. The van der Waals surface area contributed by atoms with Gasteiger partial charge in [-0.2, -0.15) is 0 Å². The van der Waals surface area contributed by atoms with Gasteiger partial charge in [0.15, 0.2) is 0 Å². The van der Waals surface area contributed by atoms with Gasteiger partial charge in [0.2, 0.25) is 0 Å². The number of carboxylic acids is 1. The number of urea groups is 1. The van der Waals surface area contributed by atoms with Gasteiger partial charge < -0.3 is 15.7 Å². The normalized spacial score (nSPS) is 9.85. The van der Waals surface area contributed by atoms with Gasteiger partial charge >= 0.3 is 12.0 Å². The number of aromatic carboxylic acids is 1. The SMILES string of the molecule is Cc1ccncc1NC(=O)Nc1cccc(C(=O)O)c1. The van der Waals surface area contributed by atoms with Crippen LogP contribution >= 0.6 is 0 Å². The molecule has 1 aromatic heterocycles. The average Bonchev–Trinajstić information content (AvgIpc) is 2.41. The van der Waals surface area contributed by atoms with E-state index in [1.165, 1.54) is 12.1 Å². The van der Waals surface area contributed by atoms with Gasteiger partial charge in [-0.1, -0.05) is 6.07 Å². The third-order valence-electron chi connectivity index (χ3n) is 2.65. The summed E-state index contributed by atoms with van der Waals surface area (Å²) in [4.78, 5) is 26.6. The van der Waals surface area contributed by atoms with E-state index in [-0.39, 0.29) is 5.56 Å². The van der Waals surface area contributed by atoms with Crippen molar-refractivity contribution in [3.8, 4) is 0 Å². The maximum atomic E-state index is 11.8. The van der Waals surface area contributed by atoms with E-state index in [0.29, 0.717) is 11.4 Å². The van der Waals surface area contributed by atoms with E-state index in [2.05, 4.69) is 15.6 Å². The summed E-state index contributed by atoms with van der Waals surface area (Å²) in [5.41, 5.74) is 2.00. The van der Waals surface area contributed by atoms with Gasteiger partial charge in [0, 0.05) is 11.9 Å². The molecule has 6 heteroatoms. The van der Waals surface area contributed by atoms with Crippen LogP contribution in [0.2, 0.25) is 0 Å². The van der Waals surface area contributed by atoms with Crippen LogP contribution in [0.3, 0.4) is 0 Å². The van der Waals surface area contributed by atoms with Crippen LogP contribution in [0.1, 0.15) is 15.9 Å². The Morgan fingerprint density at radius 3 is 2.70 bits per heavy atom. The zero-order chi connectivity index (χ0) is 14.5. The molecule has 0 atom stereocenters. The molecule has 0 fully saturated rings. The zero-order valence-corrected chi connectivity index (χ0v) is 10.8.